The van der Waals surface area contributed by atoms with Crippen molar-refractivity contribution < 1.29 is 9.90 Å². The summed E-state index contributed by atoms with van der Waals surface area (Å²) < 4.78 is 0. The summed E-state index contributed by atoms with van der Waals surface area (Å²) >= 11 is 0. The fraction of sp³-hybridized carbons (Fsp3) is 0.611. The Kier molecular flexibility index (Phi) is 9.34. The number of carboxylic acid groups (broad SMARTS) is 1. The van der Waals surface area contributed by atoms with E-state index >= 15 is 0 Å². The van der Waals surface area contributed by atoms with E-state index in [1.807, 2.05) is 6.08 Å². The summed E-state index contributed by atoms with van der Waals surface area (Å²) in [5.41, 5.74) is 1.18. The smallest absolute Gasteiger partial charge is 0.352 e. The van der Waals surface area contributed by atoms with Gasteiger partial charge in [-0.15, -0.1) is 0 Å². The summed E-state index contributed by atoms with van der Waals surface area (Å²) in [5, 5.41) is 8.80. The fourth-order valence-electron chi connectivity index (χ4n) is 2.42. The first-order valence-corrected chi connectivity index (χ1v) is 8.32. The van der Waals surface area contributed by atoms with Gasteiger partial charge in [-0.25, -0.2) is 4.79 Å². The van der Waals surface area contributed by atoms with Crippen molar-refractivity contribution in [3.05, 3.63) is 29.6 Å². The zero-order valence-electron chi connectivity index (χ0n) is 13.2. The fourth-order valence-corrected chi connectivity index (χ4v) is 2.42. The van der Waals surface area contributed by atoms with Crippen LogP contribution in [0.5, 0.6) is 0 Å². The third-order valence-corrected chi connectivity index (χ3v) is 3.72. The third kappa shape index (κ3) is 8.38. The second-order valence-corrected chi connectivity index (χ2v) is 5.67. The van der Waals surface area contributed by atoms with Crippen LogP contribution in [-0.4, -0.2) is 16.1 Å². The van der Waals surface area contributed by atoms with Gasteiger partial charge in [0.05, 0.1) is 0 Å². The predicted octanol–water partition coefficient (Wildman–Crippen LogP) is 5.65. The summed E-state index contributed by atoms with van der Waals surface area (Å²) in [6.45, 7) is 2.25. The number of aromatic carboxylic acids is 1. The SMILES string of the molecule is CCCCCCCCCCC/C=C\c1c[nH]c(C(=O)O)c1. The molecule has 21 heavy (non-hydrogen) atoms. The molecule has 1 heterocycles. The molecule has 0 spiro atoms. The number of carbonyl (C=O) groups is 1. The van der Waals surface area contributed by atoms with Crippen LogP contribution in [0.25, 0.3) is 6.08 Å². The molecule has 1 aromatic rings. The lowest BCUT2D eigenvalue weighted by Crippen LogP contribution is -1.94. The van der Waals surface area contributed by atoms with E-state index in [2.05, 4.69) is 18.0 Å². The molecule has 0 aliphatic heterocycles. The zero-order valence-corrected chi connectivity index (χ0v) is 13.2. The normalized spacial score (nSPS) is 11.3. The van der Waals surface area contributed by atoms with Gasteiger partial charge in [0.15, 0.2) is 0 Å². The maximum atomic E-state index is 10.7. The molecule has 0 radical (unpaired) electrons. The molecule has 118 valence electrons. The summed E-state index contributed by atoms with van der Waals surface area (Å²) in [6.07, 6.45) is 19.0. The van der Waals surface area contributed by atoms with Crippen molar-refractivity contribution in [3.8, 4) is 0 Å². The van der Waals surface area contributed by atoms with Crippen LogP contribution in [0.3, 0.4) is 0 Å². The molecule has 2 N–H and O–H groups in total. The van der Waals surface area contributed by atoms with Crippen molar-refractivity contribution in [1.82, 2.24) is 4.98 Å². The topological polar surface area (TPSA) is 53.1 Å². The van der Waals surface area contributed by atoms with Crippen molar-refractivity contribution in [2.45, 2.75) is 71.1 Å². The minimum Gasteiger partial charge on any atom is -0.477 e. The summed E-state index contributed by atoms with van der Waals surface area (Å²) in [6, 6.07) is 1.66. The number of rotatable bonds is 12. The van der Waals surface area contributed by atoms with Gasteiger partial charge in [-0.05, 0) is 24.5 Å². The van der Waals surface area contributed by atoms with E-state index in [-0.39, 0.29) is 5.69 Å². The van der Waals surface area contributed by atoms with Crippen LogP contribution in [-0.2, 0) is 0 Å². The Balaban J connectivity index is 1.98. The maximum Gasteiger partial charge on any atom is 0.352 e. The van der Waals surface area contributed by atoms with Gasteiger partial charge in [-0.2, -0.15) is 0 Å². The van der Waals surface area contributed by atoms with E-state index in [0.29, 0.717) is 0 Å². The van der Waals surface area contributed by atoms with Gasteiger partial charge in [-0.3, -0.25) is 0 Å². The molecular weight excluding hydrogens is 262 g/mol. The quantitative estimate of drug-likeness (QED) is 0.489. The van der Waals surface area contributed by atoms with Crippen LogP contribution < -0.4 is 0 Å². The number of aromatic amines is 1. The molecule has 3 heteroatoms. The highest BCUT2D eigenvalue weighted by molar-refractivity contribution is 5.86. The second kappa shape index (κ2) is 11.2. The summed E-state index contributed by atoms with van der Waals surface area (Å²) in [7, 11) is 0. The number of hydrogen-bond acceptors (Lipinski definition) is 1. The van der Waals surface area contributed by atoms with Gasteiger partial charge in [0, 0.05) is 6.20 Å². The van der Waals surface area contributed by atoms with Crippen LogP contribution in [0.1, 0.15) is 87.2 Å². The van der Waals surface area contributed by atoms with Crippen LogP contribution in [0.15, 0.2) is 18.3 Å². The zero-order chi connectivity index (χ0) is 15.3. The maximum absolute atomic E-state index is 10.7. The molecular formula is C18H29NO2. The lowest BCUT2D eigenvalue weighted by Gasteiger charge is -2.00. The highest BCUT2D eigenvalue weighted by atomic mass is 16.4. The molecule has 0 aromatic carbocycles. The van der Waals surface area contributed by atoms with Crippen molar-refractivity contribution in [2.75, 3.05) is 0 Å². The predicted molar refractivity (Wildman–Crippen MR) is 88.6 cm³/mol. The van der Waals surface area contributed by atoms with E-state index < -0.39 is 5.97 Å². The molecule has 0 amide bonds. The van der Waals surface area contributed by atoms with Crippen LogP contribution in [0, 0.1) is 0 Å². The Labute approximate surface area is 128 Å². The van der Waals surface area contributed by atoms with Crippen molar-refractivity contribution >= 4 is 12.0 Å². The Bertz CT molecular complexity index is 421. The van der Waals surface area contributed by atoms with E-state index in [4.69, 9.17) is 5.11 Å². The number of hydrogen-bond donors (Lipinski definition) is 2. The van der Waals surface area contributed by atoms with Crippen molar-refractivity contribution in [1.29, 1.82) is 0 Å². The van der Waals surface area contributed by atoms with E-state index in [0.717, 1.165) is 12.0 Å². The number of nitrogens with one attached hydrogen (secondary N) is 1. The van der Waals surface area contributed by atoms with Crippen molar-refractivity contribution in [3.63, 3.8) is 0 Å². The second-order valence-electron chi connectivity index (χ2n) is 5.67. The molecule has 0 fully saturated rings. The first-order valence-electron chi connectivity index (χ1n) is 8.32. The van der Waals surface area contributed by atoms with Gasteiger partial charge in [0.25, 0.3) is 0 Å². The minimum atomic E-state index is -0.909. The minimum absolute atomic E-state index is 0.248. The number of carboxylic acids is 1. The average Bonchev–Trinajstić information content (AvgIpc) is 2.94. The molecule has 0 aliphatic carbocycles. The van der Waals surface area contributed by atoms with E-state index in [1.165, 1.54) is 57.8 Å². The van der Waals surface area contributed by atoms with Gasteiger partial charge in [-0.1, -0.05) is 70.4 Å². The van der Waals surface area contributed by atoms with Crippen molar-refractivity contribution in [2.24, 2.45) is 0 Å². The largest absolute Gasteiger partial charge is 0.477 e. The Morgan fingerprint density at radius 1 is 1.10 bits per heavy atom. The lowest BCUT2D eigenvalue weighted by atomic mass is 10.1. The number of unbranched alkanes of at least 4 members (excludes halogenated alkanes) is 9. The Hall–Kier alpha value is -1.51. The lowest BCUT2D eigenvalue weighted by molar-refractivity contribution is 0.0691. The first kappa shape index (κ1) is 17.5. The average molecular weight is 291 g/mol. The van der Waals surface area contributed by atoms with E-state index in [1.54, 1.807) is 12.3 Å². The highest BCUT2D eigenvalue weighted by Crippen LogP contribution is 2.11. The van der Waals surface area contributed by atoms with E-state index in [9.17, 15) is 4.79 Å². The summed E-state index contributed by atoms with van der Waals surface area (Å²) in [4.78, 5) is 13.5. The Morgan fingerprint density at radius 3 is 2.29 bits per heavy atom. The molecule has 0 atom stereocenters. The molecule has 0 aliphatic rings. The standard InChI is InChI=1S/C18H29NO2/c1-2-3-4-5-6-7-8-9-10-11-12-13-16-14-17(18(20)21)19-15-16/h12-15,19H,2-11H2,1H3,(H,20,21)/b13-12-. The van der Waals surface area contributed by atoms with Crippen LogP contribution in [0.2, 0.25) is 0 Å². The highest BCUT2D eigenvalue weighted by Gasteiger charge is 2.03. The van der Waals surface area contributed by atoms with Gasteiger partial charge < -0.3 is 10.1 Å². The van der Waals surface area contributed by atoms with Gasteiger partial charge >= 0.3 is 5.97 Å². The molecule has 0 bridgehead atoms. The molecule has 1 aromatic heterocycles. The number of H-pyrrole nitrogens is 1. The molecule has 0 saturated heterocycles. The third-order valence-electron chi connectivity index (χ3n) is 3.72. The van der Waals surface area contributed by atoms with Gasteiger partial charge in [0.1, 0.15) is 5.69 Å². The molecule has 3 nitrogen and oxygen atoms in total. The number of allylic oxidation sites excluding steroid dienone is 1. The van der Waals surface area contributed by atoms with Crippen LogP contribution >= 0.6 is 0 Å². The van der Waals surface area contributed by atoms with Gasteiger partial charge in [0.2, 0.25) is 0 Å². The first-order chi connectivity index (χ1) is 10.2. The molecule has 0 saturated carbocycles. The molecule has 1 rings (SSSR count). The Morgan fingerprint density at radius 2 is 1.71 bits per heavy atom. The number of aromatic nitrogens is 1. The summed E-state index contributed by atoms with van der Waals surface area (Å²) in [5.74, 6) is -0.909. The van der Waals surface area contributed by atoms with Crippen LogP contribution in [0.4, 0.5) is 0 Å². The monoisotopic (exact) mass is 291 g/mol. The molecule has 0 unspecified atom stereocenters.